The van der Waals surface area contributed by atoms with Gasteiger partial charge in [-0.2, -0.15) is 0 Å². The number of nitrogens with zero attached hydrogens (tertiary/aromatic N) is 2. The quantitative estimate of drug-likeness (QED) is 0.307. The van der Waals surface area contributed by atoms with Crippen molar-refractivity contribution in [1.82, 2.24) is 10.2 Å². The third-order valence-electron chi connectivity index (χ3n) is 7.22. The van der Waals surface area contributed by atoms with Crippen molar-refractivity contribution in [3.63, 3.8) is 0 Å². The first kappa shape index (κ1) is 32.0. The molecule has 0 bridgehead atoms. The molecule has 1 aliphatic heterocycles. The summed E-state index contributed by atoms with van der Waals surface area (Å²) in [6.45, 7) is 11.0. The van der Waals surface area contributed by atoms with Crippen LogP contribution in [-0.4, -0.2) is 64.5 Å². The summed E-state index contributed by atoms with van der Waals surface area (Å²) >= 11 is 0. The zero-order valence-corrected chi connectivity index (χ0v) is 26.7. The molecular formula is C33H41N3O6S. The second kappa shape index (κ2) is 12.4. The normalized spacial score (nSPS) is 16.7. The molecule has 1 unspecified atom stereocenters. The molecule has 2 amide bonds. The first-order valence-electron chi connectivity index (χ1n) is 14.4. The van der Waals surface area contributed by atoms with Crippen LogP contribution >= 0.6 is 0 Å². The number of hydrogen-bond donors (Lipinski definition) is 1. The second-order valence-corrected chi connectivity index (χ2v) is 13.9. The summed E-state index contributed by atoms with van der Waals surface area (Å²) in [5.41, 5.74) is -0.112. The smallest absolute Gasteiger partial charge is 0.270 e. The van der Waals surface area contributed by atoms with Gasteiger partial charge in [0.25, 0.3) is 21.8 Å². The fraction of sp³-hybridized carbons (Fsp3) is 0.394. The Balaban J connectivity index is 1.74. The minimum atomic E-state index is -4.34. The average molecular weight is 608 g/mol. The molecule has 4 rings (SSSR count). The molecule has 230 valence electrons. The summed E-state index contributed by atoms with van der Waals surface area (Å²) in [5.74, 6) is 0.192. The lowest BCUT2D eigenvalue weighted by Gasteiger charge is -2.25. The van der Waals surface area contributed by atoms with E-state index in [1.807, 2.05) is 47.9 Å². The molecular weight excluding hydrogens is 566 g/mol. The zero-order valence-electron chi connectivity index (χ0n) is 25.9. The molecule has 3 aromatic rings. The molecule has 0 saturated heterocycles. The highest BCUT2D eigenvalue weighted by atomic mass is 32.2. The number of rotatable bonds is 11. The Morgan fingerprint density at radius 1 is 0.977 bits per heavy atom. The number of carbonyl (C=O) groups is 2. The lowest BCUT2D eigenvalue weighted by Crippen LogP contribution is -2.42. The van der Waals surface area contributed by atoms with Crippen LogP contribution in [0.4, 0.5) is 5.69 Å². The van der Waals surface area contributed by atoms with Crippen molar-refractivity contribution in [2.45, 2.75) is 56.9 Å². The number of amides is 2. The predicted molar refractivity (Wildman–Crippen MR) is 168 cm³/mol. The van der Waals surface area contributed by atoms with E-state index in [4.69, 9.17) is 9.47 Å². The first-order valence-corrected chi connectivity index (χ1v) is 15.8. The third-order valence-corrected chi connectivity index (χ3v) is 8.93. The van der Waals surface area contributed by atoms with Crippen LogP contribution in [0.5, 0.6) is 11.5 Å². The average Bonchev–Trinajstić information content (AvgIpc) is 3.18. The highest BCUT2D eigenvalue weighted by Crippen LogP contribution is 2.49. The Kier molecular flexibility index (Phi) is 9.22. The van der Waals surface area contributed by atoms with Crippen molar-refractivity contribution < 1.29 is 27.5 Å². The SMILES string of the molecule is CCOc1ccc2c(c1)C(C)(c1cccc(OCCCN(C)C)c1)C(=O)N2S(=O)(=O)c1ccc(C(=O)NC(C)(C)C)cc1. The Morgan fingerprint density at radius 2 is 1.65 bits per heavy atom. The monoisotopic (exact) mass is 607 g/mol. The molecule has 1 atom stereocenters. The molecule has 0 radical (unpaired) electrons. The van der Waals surface area contributed by atoms with E-state index < -0.39 is 26.9 Å². The Labute approximate surface area is 254 Å². The molecule has 1 heterocycles. The fourth-order valence-corrected chi connectivity index (χ4v) is 6.57. The van der Waals surface area contributed by atoms with E-state index in [-0.39, 0.29) is 16.5 Å². The van der Waals surface area contributed by atoms with Crippen LogP contribution in [0.15, 0.2) is 71.6 Å². The van der Waals surface area contributed by atoms with Crippen molar-refractivity contribution in [3.8, 4) is 11.5 Å². The molecule has 3 aromatic carbocycles. The zero-order chi connectivity index (χ0) is 31.6. The molecule has 0 fully saturated rings. The van der Waals surface area contributed by atoms with Gasteiger partial charge < -0.3 is 19.7 Å². The maximum atomic E-state index is 14.3. The van der Waals surface area contributed by atoms with Crippen molar-refractivity contribution >= 4 is 27.5 Å². The minimum absolute atomic E-state index is 0.102. The molecule has 0 spiro atoms. The van der Waals surface area contributed by atoms with Gasteiger partial charge in [-0.05, 0) is 115 Å². The summed E-state index contributed by atoms with van der Waals surface area (Å²) in [5, 5.41) is 2.86. The van der Waals surface area contributed by atoms with Gasteiger partial charge in [0, 0.05) is 23.2 Å². The number of ether oxygens (including phenoxy) is 2. The van der Waals surface area contributed by atoms with E-state index in [1.165, 1.54) is 24.3 Å². The lowest BCUT2D eigenvalue weighted by molar-refractivity contribution is -0.120. The fourth-order valence-electron chi connectivity index (χ4n) is 5.06. The number of hydrogen-bond acceptors (Lipinski definition) is 7. The van der Waals surface area contributed by atoms with E-state index in [0.717, 1.165) is 17.3 Å². The van der Waals surface area contributed by atoms with E-state index in [1.54, 1.807) is 43.3 Å². The van der Waals surface area contributed by atoms with Crippen LogP contribution < -0.4 is 19.1 Å². The molecule has 0 aromatic heterocycles. The standard InChI is InChI=1S/C33H41N3O6S/c1-8-41-26-15-18-29-28(22-26)33(5,24-11-9-12-25(21-24)42-20-10-19-35(6)7)31(38)36(29)43(39,40)27-16-13-23(14-17-27)30(37)34-32(2,3)4/h9,11-18,21-22H,8,10,19-20H2,1-7H3,(H,34,37). The van der Waals surface area contributed by atoms with Crippen LogP contribution in [0.25, 0.3) is 0 Å². The topological polar surface area (TPSA) is 105 Å². The van der Waals surface area contributed by atoms with E-state index in [0.29, 0.717) is 41.4 Å². The van der Waals surface area contributed by atoms with Crippen molar-refractivity contribution in [2.75, 3.05) is 38.2 Å². The van der Waals surface area contributed by atoms with Gasteiger partial charge in [0.05, 0.1) is 23.8 Å². The van der Waals surface area contributed by atoms with Crippen LogP contribution in [0.3, 0.4) is 0 Å². The Bertz CT molecular complexity index is 1600. The summed E-state index contributed by atoms with van der Waals surface area (Å²) in [6, 6.07) is 17.8. The molecule has 9 nitrogen and oxygen atoms in total. The number of sulfonamides is 1. The van der Waals surface area contributed by atoms with Gasteiger partial charge in [-0.3, -0.25) is 9.59 Å². The summed E-state index contributed by atoms with van der Waals surface area (Å²) in [4.78, 5) is 28.9. The largest absolute Gasteiger partial charge is 0.494 e. The summed E-state index contributed by atoms with van der Waals surface area (Å²) in [6.07, 6.45) is 0.830. The van der Waals surface area contributed by atoms with Crippen LogP contribution in [0.1, 0.15) is 62.5 Å². The van der Waals surface area contributed by atoms with Gasteiger partial charge in [-0.25, -0.2) is 12.7 Å². The van der Waals surface area contributed by atoms with Crippen LogP contribution in [0.2, 0.25) is 0 Å². The first-order chi connectivity index (χ1) is 20.2. The van der Waals surface area contributed by atoms with Crippen molar-refractivity contribution in [3.05, 3.63) is 83.4 Å². The van der Waals surface area contributed by atoms with E-state index in [2.05, 4.69) is 10.2 Å². The number of anilines is 1. The Morgan fingerprint density at radius 3 is 2.28 bits per heavy atom. The van der Waals surface area contributed by atoms with E-state index >= 15 is 0 Å². The number of benzene rings is 3. The van der Waals surface area contributed by atoms with Gasteiger partial charge in [-0.15, -0.1) is 0 Å². The van der Waals surface area contributed by atoms with E-state index in [9.17, 15) is 18.0 Å². The van der Waals surface area contributed by atoms with Gasteiger partial charge in [0.2, 0.25) is 0 Å². The third kappa shape index (κ3) is 6.70. The Hall–Kier alpha value is -3.89. The summed E-state index contributed by atoms with van der Waals surface area (Å²) < 4.78 is 40.8. The molecule has 1 N–H and O–H groups in total. The van der Waals surface area contributed by atoms with Gasteiger partial charge in [-0.1, -0.05) is 12.1 Å². The van der Waals surface area contributed by atoms with Crippen molar-refractivity contribution in [1.29, 1.82) is 0 Å². The number of fused-ring (bicyclic) bond motifs is 1. The van der Waals surface area contributed by atoms with Gasteiger partial charge in [0.15, 0.2) is 0 Å². The van der Waals surface area contributed by atoms with Crippen LogP contribution in [-0.2, 0) is 20.2 Å². The van der Waals surface area contributed by atoms with Gasteiger partial charge in [0.1, 0.15) is 16.9 Å². The highest BCUT2D eigenvalue weighted by molar-refractivity contribution is 7.93. The summed E-state index contributed by atoms with van der Waals surface area (Å²) in [7, 11) is -0.345. The maximum absolute atomic E-state index is 14.3. The van der Waals surface area contributed by atoms with Crippen molar-refractivity contribution in [2.24, 2.45) is 0 Å². The molecule has 10 heteroatoms. The highest BCUT2D eigenvalue weighted by Gasteiger charge is 2.53. The number of nitrogens with one attached hydrogen (secondary N) is 1. The maximum Gasteiger partial charge on any atom is 0.270 e. The lowest BCUT2D eigenvalue weighted by atomic mass is 9.77. The second-order valence-electron chi connectivity index (χ2n) is 12.1. The molecule has 1 aliphatic rings. The number of carbonyl (C=O) groups excluding carboxylic acids is 2. The molecule has 43 heavy (non-hydrogen) atoms. The van der Waals surface area contributed by atoms with Gasteiger partial charge >= 0.3 is 0 Å². The molecule has 0 saturated carbocycles. The predicted octanol–water partition coefficient (Wildman–Crippen LogP) is 4.99. The van der Waals surface area contributed by atoms with Crippen LogP contribution in [0, 0.1) is 0 Å². The molecule has 0 aliphatic carbocycles. The minimum Gasteiger partial charge on any atom is -0.494 e.